The summed E-state index contributed by atoms with van der Waals surface area (Å²) in [5, 5.41) is 12.9. The van der Waals surface area contributed by atoms with Crippen LogP contribution < -0.4 is 5.32 Å². The molecule has 0 fully saturated rings. The molecule has 31 heavy (non-hydrogen) atoms. The Balaban J connectivity index is 1.77. The number of halogens is 1. The Kier molecular flexibility index (Phi) is 7.53. The molecule has 162 valence electrons. The van der Waals surface area contributed by atoms with Gasteiger partial charge in [0.05, 0.1) is 23.4 Å². The zero-order chi connectivity index (χ0) is 22.5. The summed E-state index contributed by atoms with van der Waals surface area (Å²) in [7, 11) is 1.32. The van der Waals surface area contributed by atoms with Gasteiger partial charge in [0.2, 0.25) is 5.91 Å². The van der Waals surface area contributed by atoms with Gasteiger partial charge >= 0.3 is 5.97 Å². The SMILES string of the molecule is C=CCn1c(SCC(=O)Nc2sc(C)c(C)c2C(=O)OC)nnc1-c1ccccc1Cl. The van der Waals surface area contributed by atoms with Crippen LogP contribution in [0, 0.1) is 13.8 Å². The van der Waals surface area contributed by atoms with Crippen molar-refractivity contribution in [2.24, 2.45) is 0 Å². The van der Waals surface area contributed by atoms with Gasteiger partial charge in [0.25, 0.3) is 0 Å². The number of anilines is 1. The van der Waals surface area contributed by atoms with Gasteiger partial charge in [-0.1, -0.05) is 41.6 Å². The highest BCUT2D eigenvalue weighted by molar-refractivity contribution is 7.99. The standard InChI is InChI=1S/C21H21ClN4O3S2/c1-5-10-26-18(14-8-6-7-9-15(14)22)24-25-21(26)30-11-16(27)23-19-17(20(28)29-4)12(2)13(3)31-19/h5-9H,1,10-11H2,2-4H3,(H,23,27). The number of benzene rings is 1. The molecule has 0 spiro atoms. The van der Waals surface area contributed by atoms with Crippen molar-refractivity contribution >= 4 is 51.6 Å². The van der Waals surface area contributed by atoms with Crippen LogP contribution in [0.3, 0.4) is 0 Å². The van der Waals surface area contributed by atoms with Gasteiger partial charge < -0.3 is 10.1 Å². The molecule has 0 aliphatic rings. The van der Waals surface area contributed by atoms with Gasteiger partial charge in [0.15, 0.2) is 11.0 Å². The fraction of sp³-hybridized carbons (Fsp3) is 0.238. The Morgan fingerprint density at radius 3 is 2.74 bits per heavy atom. The number of methoxy groups -OCH3 is 1. The van der Waals surface area contributed by atoms with E-state index in [1.54, 1.807) is 12.1 Å². The third-order valence-electron chi connectivity index (χ3n) is 4.50. The molecule has 10 heteroatoms. The highest BCUT2D eigenvalue weighted by Crippen LogP contribution is 2.33. The number of rotatable bonds is 8. The van der Waals surface area contributed by atoms with Crippen LogP contribution in [0.15, 0.2) is 42.1 Å². The quantitative estimate of drug-likeness (QED) is 0.280. The number of thiophene rings is 1. The maximum atomic E-state index is 12.6. The molecule has 2 aromatic heterocycles. The number of hydrogen-bond donors (Lipinski definition) is 1. The van der Waals surface area contributed by atoms with Crippen LogP contribution in [-0.4, -0.2) is 39.5 Å². The highest BCUT2D eigenvalue weighted by atomic mass is 35.5. The molecule has 0 saturated heterocycles. The number of allylic oxidation sites excluding steroid dienone is 1. The Labute approximate surface area is 193 Å². The lowest BCUT2D eigenvalue weighted by Gasteiger charge is -2.09. The monoisotopic (exact) mass is 476 g/mol. The summed E-state index contributed by atoms with van der Waals surface area (Å²) >= 11 is 8.90. The number of aromatic nitrogens is 3. The molecular formula is C21H21ClN4O3S2. The number of carbonyl (C=O) groups excluding carboxylic acids is 2. The number of ether oxygens (including phenoxy) is 1. The number of amides is 1. The summed E-state index contributed by atoms with van der Waals surface area (Å²) in [6, 6.07) is 7.37. The molecule has 0 aliphatic heterocycles. The molecule has 3 aromatic rings. The number of hydrogen-bond acceptors (Lipinski definition) is 7. The van der Waals surface area contributed by atoms with E-state index in [1.165, 1.54) is 30.2 Å². The van der Waals surface area contributed by atoms with Crippen LogP contribution >= 0.6 is 34.7 Å². The number of thioether (sulfide) groups is 1. The number of nitrogens with one attached hydrogen (secondary N) is 1. The van der Waals surface area contributed by atoms with E-state index < -0.39 is 5.97 Å². The molecular weight excluding hydrogens is 456 g/mol. The highest BCUT2D eigenvalue weighted by Gasteiger charge is 2.22. The molecule has 0 saturated carbocycles. The lowest BCUT2D eigenvalue weighted by molar-refractivity contribution is -0.113. The van der Waals surface area contributed by atoms with E-state index in [0.717, 1.165) is 16.0 Å². The summed E-state index contributed by atoms with van der Waals surface area (Å²) in [5.74, 6) is -0.0383. The van der Waals surface area contributed by atoms with Crippen molar-refractivity contribution in [3.05, 3.63) is 57.9 Å². The Hall–Kier alpha value is -2.62. The summed E-state index contributed by atoms with van der Waals surface area (Å²) in [6.07, 6.45) is 1.73. The minimum atomic E-state index is -0.472. The molecule has 0 atom stereocenters. The topological polar surface area (TPSA) is 86.1 Å². The van der Waals surface area contributed by atoms with Crippen molar-refractivity contribution in [3.63, 3.8) is 0 Å². The van der Waals surface area contributed by atoms with Crippen molar-refractivity contribution in [1.82, 2.24) is 14.8 Å². The summed E-state index contributed by atoms with van der Waals surface area (Å²) in [6.45, 7) is 7.98. The first-order valence-corrected chi connectivity index (χ1v) is 11.4. The van der Waals surface area contributed by atoms with Crippen molar-refractivity contribution in [2.45, 2.75) is 25.5 Å². The molecule has 1 aromatic carbocycles. The van der Waals surface area contributed by atoms with E-state index in [9.17, 15) is 9.59 Å². The zero-order valence-electron chi connectivity index (χ0n) is 17.3. The Bertz CT molecular complexity index is 1140. The van der Waals surface area contributed by atoms with Crippen molar-refractivity contribution in [2.75, 3.05) is 18.2 Å². The molecule has 0 aliphatic carbocycles. The average molecular weight is 477 g/mol. The maximum Gasteiger partial charge on any atom is 0.341 e. The lowest BCUT2D eigenvalue weighted by atomic mass is 10.1. The predicted molar refractivity (Wildman–Crippen MR) is 125 cm³/mol. The van der Waals surface area contributed by atoms with Crippen LogP contribution in [0.1, 0.15) is 20.8 Å². The van der Waals surface area contributed by atoms with Crippen molar-refractivity contribution < 1.29 is 14.3 Å². The van der Waals surface area contributed by atoms with Crippen LogP contribution in [0.25, 0.3) is 11.4 Å². The number of nitrogens with zero attached hydrogens (tertiary/aromatic N) is 3. The second-order valence-corrected chi connectivity index (χ2v) is 9.08. The van der Waals surface area contributed by atoms with Gasteiger partial charge in [-0.3, -0.25) is 9.36 Å². The van der Waals surface area contributed by atoms with E-state index in [4.69, 9.17) is 16.3 Å². The third-order valence-corrected chi connectivity index (χ3v) is 6.92. The average Bonchev–Trinajstić information content (AvgIpc) is 3.27. The Morgan fingerprint density at radius 2 is 2.06 bits per heavy atom. The van der Waals surface area contributed by atoms with Gasteiger partial charge in [0.1, 0.15) is 5.00 Å². The van der Waals surface area contributed by atoms with Gasteiger partial charge in [-0.05, 0) is 31.5 Å². The summed E-state index contributed by atoms with van der Waals surface area (Å²) < 4.78 is 6.70. The number of aryl methyl sites for hydroxylation is 1. The first-order chi connectivity index (χ1) is 14.9. The van der Waals surface area contributed by atoms with Crippen LogP contribution in [-0.2, 0) is 16.1 Å². The molecule has 0 bridgehead atoms. The second kappa shape index (κ2) is 10.1. The summed E-state index contributed by atoms with van der Waals surface area (Å²) in [5.41, 5.74) is 1.94. The Morgan fingerprint density at radius 1 is 1.32 bits per heavy atom. The van der Waals surface area contributed by atoms with Crippen LogP contribution in [0.4, 0.5) is 5.00 Å². The summed E-state index contributed by atoms with van der Waals surface area (Å²) in [4.78, 5) is 25.6. The minimum Gasteiger partial charge on any atom is -0.465 e. The van der Waals surface area contributed by atoms with Gasteiger partial charge in [-0.2, -0.15) is 0 Å². The minimum absolute atomic E-state index is 0.0917. The van der Waals surface area contributed by atoms with Crippen LogP contribution in [0.2, 0.25) is 5.02 Å². The van der Waals surface area contributed by atoms with E-state index in [1.807, 2.05) is 36.6 Å². The number of esters is 1. The fourth-order valence-electron chi connectivity index (χ4n) is 2.89. The lowest BCUT2D eigenvalue weighted by Crippen LogP contribution is -2.16. The fourth-order valence-corrected chi connectivity index (χ4v) is 4.92. The molecule has 2 heterocycles. The number of carbonyl (C=O) groups is 2. The van der Waals surface area contributed by atoms with Gasteiger partial charge in [-0.15, -0.1) is 28.1 Å². The van der Waals surface area contributed by atoms with Crippen molar-refractivity contribution in [1.29, 1.82) is 0 Å². The molecule has 1 N–H and O–H groups in total. The molecule has 0 radical (unpaired) electrons. The molecule has 3 rings (SSSR count). The molecule has 1 amide bonds. The normalized spacial score (nSPS) is 10.7. The maximum absolute atomic E-state index is 12.6. The largest absolute Gasteiger partial charge is 0.465 e. The third kappa shape index (κ3) is 5.00. The first kappa shape index (κ1) is 23.1. The zero-order valence-corrected chi connectivity index (χ0v) is 19.7. The molecule has 0 unspecified atom stereocenters. The van der Waals surface area contributed by atoms with Gasteiger partial charge in [0, 0.05) is 17.0 Å². The predicted octanol–water partition coefficient (Wildman–Crippen LogP) is 4.98. The smallest absolute Gasteiger partial charge is 0.341 e. The van der Waals surface area contributed by atoms with E-state index in [2.05, 4.69) is 22.1 Å². The molecule has 7 nitrogen and oxygen atoms in total. The van der Waals surface area contributed by atoms with Gasteiger partial charge in [-0.25, -0.2) is 4.79 Å². The first-order valence-electron chi connectivity index (χ1n) is 9.27. The van der Waals surface area contributed by atoms with E-state index >= 15 is 0 Å². The van der Waals surface area contributed by atoms with E-state index in [-0.39, 0.29) is 11.7 Å². The van der Waals surface area contributed by atoms with Crippen molar-refractivity contribution in [3.8, 4) is 11.4 Å². The van der Waals surface area contributed by atoms with Crippen LogP contribution in [0.5, 0.6) is 0 Å². The second-order valence-electron chi connectivity index (χ2n) is 6.50. The van der Waals surface area contributed by atoms with E-state index in [0.29, 0.717) is 33.1 Å².